The number of hydrogen-bond donors (Lipinski definition) is 0. The Balaban J connectivity index is 1.12. The quantitative estimate of drug-likeness (QED) is 0.156. The van der Waals surface area contributed by atoms with Crippen molar-refractivity contribution in [3.05, 3.63) is 223 Å². The summed E-state index contributed by atoms with van der Waals surface area (Å²) < 4.78 is 2.58. The summed E-state index contributed by atoms with van der Waals surface area (Å²) in [6.45, 7) is 4.69. The summed E-state index contributed by atoms with van der Waals surface area (Å²) in [6, 6.07) is 78.2. The van der Waals surface area contributed by atoms with E-state index in [1.807, 2.05) is 11.3 Å². The fourth-order valence-electron chi connectivity index (χ4n) is 9.42. The Morgan fingerprint density at radius 2 is 0.932 bits per heavy atom. The molecular formula is C57H41NS. The Kier molecular flexibility index (Phi) is 8.43. The van der Waals surface area contributed by atoms with Crippen molar-refractivity contribution in [2.24, 2.45) is 0 Å². The molecule has 1 heterocycles. The summed E-state index contributed by atoms with van der Waals surface area (Å²) in [4.78, 5) is 2.47. The van der Waals surface area contributed by atoms with E-state index in [1.54, 1.807) is 0 Å². The lowest BCUT2D eigenvalue weighted by Gasteiger charge is -2.30. The molecular weight excluding hydrogens is 731 g/mol. The largest absolute Gasteiger partial charge is 0.310 e. The third-order valence-corrected chi connectivity index (χ3v) is 13.4. The minimum Gasteiger partial charge on any atom is -0.310 e. The predicted octanol–water partition coefficient (Wildman–Crippen LogP) is 16.5. The summed E-state index contributed by atoms with van der Waals surface area (Å²) in [6.07, 6.45) is 0. The van der Waals surface area contributed by atoms with Crippen molar-refractivity contribution in [3.8, 4) is 55.6 Å². The van der Waals surface area contributed by atoms with Crippen LogP contribution in [0.25, 0.3) is 75.8 Å². The lowest BCUT2D eigenvalue weighted by atomic mass is 9.82. The van der Waals surface area contributed by atoms with Crippen LogP contribution in [0.5, 0.6) is 0 Å². The minimum absolute atomic E-state index is 0.0184. The maximum absolute atomic E-state index is 2.47. The zero-order valence-corrected chi connectivity index (χ0v) is 33.9. The average molecular weight is 772 g/mol. The number of benzene rings is 9. The van der Waals surface area contributed by atoms with Gasteiger partial charge >= 0.3 is 0 Å². The van der Waals surface area contributed by atoms with Crippen LogP contribution in [-0.2, 0) is 5.41 Å². The lowest BCUT2D eigenvalue weighted by Crippen LogP contribution is -2.14. The maximum atomic E-state index is 2.47. The highest BCUT2D eigenvalue weighted by molar-refractivity contribution is 7.25. The maximum Gasteiger partial charge on any atom is 0.0546 e. The van der Waals surface area contributed by atoms with Crippen LogP contribution in [0.1, 0.15) is 25.0 Å². The molecule has 1 aliphatic rings. The molecule has 11 rings (SSSR count). The lowest BCUT2D eigenvalue weighted by molar-refractivity contribution is 0.660. The molecule has 0 aliphatic heterocycles. The number of rotatable bonds is 7. The van der Waals surface area contributed by atoms with Crippen LogP contribution in [0.4, 0.5) is 17.1 Å². The number of fused-ring (bicyclic) bond motifs is 6. The zero-order valence-electron chi connectivity index (χ0n) is 33.1. The molecule has 2 heteroatoms. The molecule has 280 valence electrons. The van der Waals surface area contributed by atoms with Gasteiger partial charge in [0.2, 0.25) is 0 Å². The fraction of sp³-hybridized carbons (Fsp3) is 0.0526. The van der Waals surface area contributed by atoms with Gasteiger partial charge in [-0.2, -0.15) is 0 Å². The summed E-state index contributed by atoms with van der Waals surface area (Å²) in [5.41, 5.74) is 18.4. The molecule has 0 fully saturated rings. The first-order valence-corrected chi connectivity index (χ1v) is 21.2. The molecule has 10 aromatic rings. The van der Waals surface area contributed by atoms with Gasteiger partial charge in [-0.15, -0.1) is 11.3 Å². The molecule has 0 N–H and O–H groups in total. The third kappa shape index (κ3) is 5.91. The van der Waals surface area contributed by atoms with E-state index in [0.717, 1.165) is 17.1 Å². The first-order chi connectivity index (χ1) is 29.0. The van der Waals surface area contributed by atoms with Crippen molar-refractivity contribution in [2.45, 2.75) is 19.3 Å². The molecule has 1 aromatic heterocycles. The summed E-state index contributed by atoms with van der Waals surface area (Å²) in [5.74, 6) is 0. The highest BCUT2D eigenvalue weighted by Crippen LogP contribution is 2.51. The van der Waals surface area contributed by atoms with E-state index in [9.17, 15) is 0 Å². The van der Waals surface area contributed by atoms with Crippen LogP contribution in [0.2, 0.25) is 0 Å². The normalized spacial score (nSPS) is 12.7. The molecule has 1 nitrogen and oxygen atoms in total. The Bertz CT molecular complexity index is 3170. The molecule has 0 saturated carbocycles. The van der Waals surface area contributed by atoms with E-state index in [1.165, 1.54) is 86.9 Å². The van der Waals surface area contributed by atoms with E-state index in [2.05, 4.69) is 231 Å². The number of nitrogens with zero attached hydrogens (tertiary/aromatic N) is 1. The molecule has 0 amide bonds. The van der Waals surface area contributed by atoms with Crippen LogP contribution in [-0.4, -0.2) is 0 Å². The summed E-state index contributed by atoms with van der Waals surface area (Å²) >= 11 is 1.86. The Morgan fingerprint density at radius 3 is 1.71 bits per heavy atom. The van der Waals surface area contributed by atoms with Crippen LogP contribution < -0.4 is 4.90 Å². The van der Waals surface area contributed by atoms with Gasteiger partial charge in [0.1, 0.15) is 0 Å². The van der Waals surface area contributed by atoms with E-state index in [4.69, 9.17) is 0 Å². The van der Waals surface area contributed by atoms with Crippen molar-refractivity contribution in [1.82, 2.24) is 0 Å². The third-order valence-electron chi connectivity index (χ3n) is 12.3. The predicted molar refractivity (Wildman–Crippen MR) is 253 cm³/mol. The molecule has 1 aliphatic carbocycles. The van der Waals surface area contributed by atoms with Crippen LogP contribution in [0.15, 0.2) is 212 Å². The smallest absolute Gasteiger partial charge is 0.0546 e. The van der Waals surface area contributed by atoms with Crippen molar-refractivity contribution in [3.63, 3.8) is 0 Å². The van der Waals surface area contributed by atoms with Crippen molar-refractivity contribution < 1.29 is 0 Å². The number of hydrogen-bond acceptors (Lipinski definition) is 2. The Labute approximate surface area is 350 Å². The van der Waals surface area contributed by atoms with E-state index in [0.29, 0.717) is 0 Å². The second kappa shape index (κ2) is 14.1. The molecule has 0 radical (unpaired) electrons. The number of thiophene rings is 1. The molecule has 0 bridgehead atoms. The van der Waals surface area contributed by atoms with Gasteiger partial charge < -0.3 is 4.90 Å². The average Bonchev–Trinajstić information content (AvgIpc) is 3.78. The van der Waals surface area contributed by atoms with Gasteiger partial charge in [-0.1, -0.05) is 184 Å². The van der Waals surface area contributed by atoms with Crippen LogP contribution in [0.3, 0.4) is 0 Å². The Hall–Kier alpha value is -7.00. The van der Waals surface area contributed by atoms with Crippen LogP contribution >= 0.6 is 11.3 Å². The SMILES string of the molecule is CC1(C)c2ccccc2-c2cc(-c3ccc(N(c4ccc5c(c4)sc4ccccc45)c4cccc(-c5ccccc5)c4-c4ccccc4-c4ccccc4)cc3)ccc21. The van der Waals surface area contributed by atoms with E-state index in [-0.39, 0.29) is 5.41 Å². The first kappa shape index (κ1) is 35.2. The van der Waals surface area contributed by atoms with E-state index >= 15 is 0 Å². The molecule has 0 unspecified atom stereocenters. The standard InChI is InChI=1S/C57H41NS/c1-57(2)51-25-13-11-21-46(51)50-36-41(30-35-52(50)57)38-28-31-42(32-29-38)58(43-33-34-48-47-22-12-14-27-54(47)59-55(48)37-43)53-26-15-24-45(40-18-7-4-8-19-40)56(53)49-23-10-9-20-44(49)39-16-5-3-6-17-39/h3-37H,1-2H3. The molecule has 9 aromatic carbocycles. The van der Waals surface area contributed by atoms with Gasteiger partial charge in [0.15, 0.2) is 0 Å². The second-order valence-corrected chi connectivity index (χ2v) is 17.2. The molecule has 0 spiro atoms. The van der Waals surface area contributed by atoms with Gasteiger partial charge in [-0.05, 0) is 104 Å². The fourth-order valence-corrected chi connectivity index (χ4v) is 10.6. The van der Waals surface area contributed by atoms with Gasteiger partial charge in [0, 0.05) is 42.5 Å². The molecule has 0 saturated heterocycles. The van der Waals surface area contributed by atoms with Crippen molar-refractivity contribution in [2.75, 3.05) is 4.90 Å². The van der Waals surface area contributed by atoms with Gasteiger partial charge in [0.05, 0.1) is 5.69 Å². The second-order valence-electron chi connectivity index (χ2n) is 16.1. The first-order valence-electron chi connectivity index (χ1n) is 20.4. The monoisotopic (exact) mass is 771 g/mol. The zero-order chi connectivity index (χ0) is 39.5. The molecule has 0 atom stereocenters. The number of anilines is 3. The van der Waals surface area contributed by atoms with E-state index < -0.39 is 0 Å². The minimum atomic E-state index is -0.0184. The van der Waals surface area contributed by atoms with Crippen molar-refractivity contribution in [1.29, 1.82) is 0 Å². The van der Waals surface area contributed by atoms with Gasteiger partial charge in [-0.3, -0.25) is 0 Å². The topological polar surface area (TPSA) is 3.24 Å². The van der Waals surface area contributed by atoms with Gasteiger partial charge in [-0.25, -0.2) is 0 Å². The van der Waals surface area contributed by atoms with Crippen molar-refractivity contribution >= 4 is 48.6 Å². The van der Waals surface area contributed by atoms with Gasteiger partial charge in [0.25, 0.3) is 0 Å². The highest BCUT2D eigenvalue weighted by atomic mass is 32.1. The summed E-state index contributed by atoms with van der Waals surface area (Å²) in [5, 5.41) is 2.59. The highest BCUT2D eigenvalue weighted by Gasteiger charge is 2.35. The summed E-state index contributed by atoms with van der Waals surface area (Å²) in [7, 11) is 0. The molecule has 59 heavy (non-hydrogen) atoms. The van der Waals surface area contributed by atoms with Crippen LogP contribution in [0, 0.1) is 0 Å². The Morgan fingerprint density at radius 1 is 0.356 bits per heavy atom.